The Labute approximate surface area is 94.8 Å². The summed E-state index contributed by atoms with van der Waals surface area (Å²) in [5.74, 6) is 1.14. The van der Waals surface area contributed by atoms with Gasteiger partial charge in [-0.15, -0.1) is 6.58 Å². The molecule has 0 saturated heterocycles. The zero-order valence-corrected chi connectivity index (χ0v) is 10.7. The summed E-state index contributed by atoms with van der Waals surface area (Å²) in [5, 5.41) is 13.1. The number of rotatable bonds is 8. The van der Waals surface area contributed by atoms with Crippen LogP contribution >= 0.6 is 0 Å². The highest BCUT2D eigenvalue weighted by atomic mass is 16.3. The number of allylic oxidation sites excluding steroid dienone is 1. The fraction of sp³-hybridized carbons (Fsp3) is 0.846. The molecule has 90 valence electrons. The Morgan fingerprint density at radius 3 is 2.33 bits per heavy atom. The molecule has 2 heteroatoms. The first-order valence-corrected chi connectivity index (χ1v) is 5.99. The molecule has 0 aromatic carbocycles. The molecule has 0 radical (unpaired) electrons. The molecule has 2 nitrogen and oxygen atoms in total. The third-order valence-electron chi connectivity index (χ3n) is 2.81. The van der Waals surface area contributed by atoms with Crippen LogP contribution in [-0.2, 0) is 0 Å². The van der Waals surface area contributed by atoms with Gasteiger partial charge in [-0.1, -0.05) is 26.8 Å². The van der Waals surface area contributed by atoms with E-state index < -0.39 is 0 Å². The molecular weight excluding hydrogens is 186 g/mol. The minimum Gasteiger partial charge on any atom is -0.392 e. The largest absolute Gasteiger partial charge is 0.392 e. The third-order valence-corrected chi connectivity index (χ3v) is 2.81. The number of nitrogens with one attached hydrogen (secondary N) is 1. The lowest BCUT2D eigenvalue weighted by atomic mass is 9.99. The Hall–Kier alpha value is -0.340. The van der Waals surface area contributed by atoms with Crippen molar-refractivity contribution in [2.75, 3.05) is 6.54 Å². The first-order chi connectivity index (χ1) is 6.97. The fourth-order valence-corrected chi connectivity index (χ4v) is 1.62. The summed E-state index contributed by atoms with van der Waals surface area (Å²) in [4.78, 5) is 0. The Morgan fingerprint density at radius 1 is 1.27 bits per heavy atom. The van der Waals surface area contributed by atoms with Crippen molar-refractivity contribution < 1.29 is 5.11 Å². The van der Waals surface area contributed by atoms with Crippen LogP contribution < -0.4 is 5.32 Å². The second-order valence-electron chi connectivity index (χ2n) is 4.98. The van der Waals surface area contributed by atoms with E-state index in [1.54, 1.807) is 0 Å². The minimum atomic E-state index is -0.219. The second-order valence-corrected chi connectivity index (χ2v) is 4.98. The van der Waals surface area contributed by atoms with E-state index >= 15 is 0 Å². The molecule has 0 heterocycles. The van der Waals surface area contributed by atoms with Crippen LogP contribution in [0.5, 0.6) is 0 Å². The molecule has 0 aromatic heterocycles. The molecule has 2 N–H and O–H groups in total. The van der Waals surface area contributed by atoms with Gasteiger partial charge in [0.1, 0.15) is 0 Å². The summed E-state index contributed by atoms with van der Waals surface area (Å²) in [6, 6.07) is 0.435. The van der Waals surface area contributed by atoms with E-state index in [1.807, 2.05) is 6.08 Å². The summed E-state index contributed by atoms with van der Waals surface area (Å²) in [7, 11) is 0. The van der Waals surface area contributed by atoms with Crippen molar-refractivity contribution in [2.45, 2.75) is 52.7 Å². The molecule has 0 aliphatic heterocycles. The number of aliphatic hydroxyl groups is 1. The van der Waals surface area contributed by atoms with Crippen molar-refractivity contribution in [1.82, 2.24) is 5.32 Å². The van der Waals surface area contributed by atoms with Gasteiger partial charge in [-0.05, 0) is 31.6 Å². The normalized spacial score (nSPS) is 17.5. The van der Waals surface area contributed by atoms with E-state index in [9.17, 15) is 5.11 Å². The molecular formula is C13H27NO. The van der Waals surface area contributed by atoms with Crippen molar-refractivity contribution in [3.05, 3.63) is 12.7 Å². The maximum atomic E-state index is 9.70. The SMILES string of the molecule is C=CCC(C)C(C)NCC(O)CC(C)C. The summed E-state index contributed by atoms with van der Waals surface area (Å²) in [6.07, 6.45) is 3.63. The molecule has 0 rings (SSSR count). The average Bonchev–Trinajstić information content (AvgIpc) is 2.13. The highest BCUT2D eigenvalue weighted by Crippen LogP contribution is 2.09. The molecule has 0 aliphatic rings. The zero-order chi connectivity index (χ0) is 11.8. The summed E-state index contributed by atoms with van der Waals surface area (Å²) in [5.41, 5.74) is 0. The molecule has 0 amide bonds. The first kappa shape index (κ1) is 14.7. The van der Waals surface area contributed by atoms with Gasteiger partial charge >= 0.3 is 0 Å². The van der Waals surface area contributed by atoms with Crippen LogP contribution in [0.15, 0.2) is 12.7 Å². The average molecular weight is 213 g/mol. The Balaban J connectivity index is 3.69. The van der Waals surface area contributed by atoms with Crippen molar-refractivity contribution in [3.63, 3.8) is 0 Å². The lowest BCUT2D eigenvalue weighted by Crippen LogP contribution is -2.37. The molecule has 0 fully saturated rings. The van der Waals surface area contributed by atoms with Gasteiger partial charge in [-0.2, -0.15) is 0 Å². The quantitative estimate of drug-likeness (QED) is 0.607. The molecule has 0 spiro atoms. The summed E-state index contributed by atoms with van der Waals surface area (Å²) >= 11 is 0. The predicted molar refractivity (Wildman–Crippen MR) is 66.9 cm³/mol. The van der Waals surface area contributed by atoms with Gasteiger partial charge in [0.15, 0.2) is 0 Å². The highest BCUT2D eigenvalue weighted by molar-refractivity contribution is 4.78. The predicted octanol–water partition coefficient (Wildman–Crippen LogP) is 2.58. The molecule has 15 heavy (non-hydrogen) atoms. The van der Waals surface area contributed by atoms with E-state index in [4.69, 9.17) is 0 Å². The van der Waals surface area contributed by atoms with Gasteiger partial charge in [0.05, 0.1) is 6.10 Å². The van der Waals surface area contributed by atoms with Crippen LogP contribution in [-0.4, -0.2) is 23.8 Å². The number of hydrogen-bond donors (Lipinski definition) is 2. The summed E-state index contributed by atoms with van der Waals surface area (Å²) < 4.78 is 0. The van der Waals surface area contributed by atoms with E-state index in [0.717, 1.165) is 12.8 Å². The third kappa shape index (κ3) is 7.57. The molecule has 0 aliphatic carbocycles. The van der Waals surface area contributed by atoms with E-state index in [0.29, 0.717) is 24.4 Å². The van der Waals surface area contributed by atoms with Gasteiger partial charge in [0.2, 0.25) is 0 Å². The van der Waals surface area contributed by atoms with Gasteiger partial charge in [0, 0.05) is 12.6 Å². The Kier molecular flexibility index (Phi) is 7.71. The number of hydrogen-bond acceptors (Lipinski definition) is 2. The monoisotopic (exact) mass is 213 g/mol. The van der Waals surface area contributed by atoms with Gasteiger partial charge in [0.25, 0.3) is 0 Å². The van der Waals surface area contributed by atoms with Crippen molar-refractivity contribution >= 4 is 0 Å². The Morgan fingerprint density at radius 2 is 1.87 bits per heavy atom. The van der Waals surface area contributed by atoms with Crippen LogP contribution in [0.25, 0.3) is 0 Å². The van der Waals surface area contributed by atoms with Gasteiger partial charge in [-0.25, -0.2) is 0 Å². The van der Waals surface area contributed by atoms with Crippen LogP contribution in [0.2, 0.25) is 0 Å². The molecule has 0 saturated carbocycles. The molecule has 0 aromatic rings. The van der Waals surface area contributed by atoms with Crippen LogP contribution in [0.3, 0.4) is 0 Å². The molecule has 3 unspecified atom stereocenters. The van der Waals surface area contributed by atoms with Crippen LogP contribution in [0, 0.1) is 11.8 Å². The fourth-order valence-electron chi connectivity index (χ4n) is 1.62. The maximum absolute atomic E-state index is 9.70. The van der Waals surface area contributed by atoms with Crippen molar-refractivity contribution in [1.29, 1.82) is 0 Å². The highest BCUT2D eigenvalue weighted by Gasteiger charge is 2.12. The van der Waals surface area contributed by atoms with E-state index in [-0.39, 0.29) is 6.10 Å². The number of aliphatic hydroxyl groups excluding tert-OH is 1. The maximum Gasteiger partial charge on any atom is 0.0667 e. The van der Waals surface area contributed by atoms with Crippen molar-refractivity contribution in [2.24, 2.45) is 11.8 Å². The molecule has 0 bridgehead atoms. The van der Waals surface area contributed by atoms with E-state index in [1.165, 1.54) is 0 Å². The minimum absolute atomic E-state index is 0.219. The standard InChI is InChI=1S/C13H27NO/c1-6-7-11(4)12(5)14-9-13(15)8-10(2)3/h6,10-15H,1,7-9H2,2-5H3. The summed E-state index contributed by atoms with van der Waals surface area (Å²) in [6.45, 7) is 13.1. The van der Waals surface area contributed by atoms with Crippen LogP contribution in [0.1, 0.15) is 40.5 Å². The van der Waals surface area contributed by atoms with Gasteiger partial charge in [-0.3, -0.25) is 0 Å². The van der Waals surface area contributed by atoms with Crippen LogP contribution in [0.4, 0.5) is 0 Å². The smallest absolute Gasteiger partial charge is 0.0667 e. The lowest BCUT2D eigenvalue weighted by molar-refractivity contribution is 0.140. The zero-order valence-electron chi connectivity index (χ0n) is 10.7. The second kappa shape index (κ2) is 7.89. The lowest BCUT2D eigenvalue weighted by Gasteiger charge is -2.22. The van der Waals surface area contributed by atoms with Gasteiger partial charge < -0.3 is 10.4 Å². The van der Waals surface area contributed by atoms with Crippen molar-refractivity contribution in [3.8, 4) is 0 Å². The Bertz CT molecular complexity index is 168. The molecule has 3 atom stereocenters. The van der Waals surface area contributed by atoms with E-state index in [2.05, 4.69) is 39.6 Å². The first-order valence-electron chi connectivity index (χ1n) is 5.99. The topological polar surface area (TPSA) is 32.3 Å².